The van der Waals surface area contributed by atoms with Crippen molar-refractivity contribution in [3.63, 3.8) is 0 Å². The average molecular weight is 200 g/mol. The van der Waals surface area contributed by atoms with Crippen molar-refractivity contribution in [1.29, 1.82) is 0 Å². The third-order valence-electron chi connectivity index (χ3n) is 1.47. The number of aliphatic imine (C=N–C) groups is 1. The summed E-state index contributed by atoms with van der Waals surface area (Å²) in [5.41, 5.74) is 0.747. The van der Waals surface area contributed by atoms with E-state index in [1.54, 1.807) is 12.3 Å². The molecule has 1 rings (SSSR count). The molecular formula is C10H11ClFN. The second kappa shape index (κ2) is 4.38. The molecule has 0 aliphatic rings. The Labute approximate surface area is 82.3 Å². The number of nitrogens with zero attached hydrogens (tertiary/aromatic N) is 1. The van der Waals surface area contributed by atoms with Gasteiger partial charge in [-0.25, -0.2) is 4.39 Å². The molecule has 0 bridgehead atoms. The van der Waals surface area contributed by atoms with Gasteiger partial charge < -0.3 is 0 Å². The van der Waals surface area contributed by atoms with Crippen LogP contribution in [0.1, 0.15) is 19.4 Å². The smallest absolute Gasteiger partial charge is 0.124 e. The summed E-state index contributed by atoms with van der Waals surface area (Å²) in [7, 11) is 0. The van der Waals surface area contributed by atoms with E-state index in [2.05, 4.69) is 4.99 Å². The van der Waals surface area contributed by atoms with Crippen molar-refractivity contribution in [1.82, 2.24) is 0 Å². The van der Waals surface area contributed by atoms with Crippen LogP contribution in [0.5, 0.6) is 0 Å². The van der Waals surface area contributed by atoms with E-state index in [0.717, 1.165) is 5.56 Å². The first-order chi connectivity index (χ1) is 6.09. The molecule has 0 aliphatic carbocycles. The summed E-state index contributed by atoms with van der Waals surface area (Å²) in [6.07, 6.45) is 1.66. The van der Waals surface area contributed by atoms with E-state index in [9.17, 15) is 4.39 Å². The van der Waals surface area contributed by atoms with Crippen LogP contribution in [0.3, 0.4) is 0 Å². The van der Waals surface area contributed by atoms with Crippen LogP contribution in [0.15, 0.2) is 23.2 Å². The van der Waals surface area contributed by atoms with E-state index >= 15 is 0 Å². The topological polar surface area (TPSA) is 12.4 Å². The molecule has 13 heavy (non-hydrogen) atoms. The fourth-order valence-electron chi connectivity index (χ4n) is 0.836. The summed E-state index contributed by atoms with van der Waals surface area (Å²) in [5.74, 6) is -0.327. The molecule has 0 unspecified atom stereocenters. The van der Waals surface area contributed by atoms with Crippen molar-refractivity contribution in [3.8, 4) is 0 Å². The molecule has 1 aromatic carbocycles. The van der Waals surface area contributed by atoms with E-state index in [-0.39, 0.29) is 11.9 Å². The average Bonchev–Trinajstić information content (AvgIpc) is 2.02. The van der Waals surface area contributed by atoms with Crippen molar-refractivity contribution < 1.29 is 4.39 Å². The number of rotatable bonds is 2. The van der Waals surface area contributed by atoms with Gasteiger partial charge in [-0.05, 0) is 32.0 Å². The van der Waals surface area contributed by atoms with E-state index in [4.69, 9.17) is 11.6 Å². The quantitative estimate of drug-likeness (QED) is 0.648. The van der Waals surface area contributed by atoms with Gasteiger partial charge in [0.05, 0.1) is 5.02 Å². The first kappa shape index (κ1) is 10.2. The van der Waals surface area contributed by atoms with Gasteiger partial charge in [-0.2, -0.15) is 0 Å². The van der Waals surface area contributed by atoms with Crippen LogP contribution in [-0.4, -0.2) is 12.3 Å². The van der Waals surface area contributed by atoms with Gasteiger partial charge in [-0.1, -0.05) is 11.6 Å². The fourth-order valence-corrected chi connectivity index (χ4v) is 1.05. The monoisotopic (exact) mass is 199 g/mol. The molecule has 0 N–H and O–H groups in total. The normalized spacial score (nSPS) is 11.5. The Hall–Kier alpha value is -0.890. The minimum atomic E-state index is -0.327. The van der Waals surface area contributed by atoms with Gasteiger partial charge in [0.15, 0.2) is 0 Å². The van der Waals surface area contributed by atoms with Crippen LogP contribution >= 0.6 is 11.6 Å². The Morgan fingerprint density at radius 2 is 2.15 bits per heavy atom. The van der Waals surface area contributed by atoms with E-state index < -0.39 is 0 Å². The summed E-state index contributed by atoms with van der Waals surface area (Å²) in [5, 5.41) is 0.393. The lowest BCUT2D eigenvalue weighted by Gasteiger charge is -1.98. The van der Waals surface area contributed by atoms with Gasteiger partial charge in [0, 0.05) is 17.8 Å². The Balaban J connectivity index is 2.90. The maximum atomic E-state index is 12.6. The molecule has 0 atom stereocenters. The third-order valence-corrected chi connectivity index (χ3v) is 1.80. The minimum Gasteiger partial charge on any atom is -0.290 e. The number of hydrogen-bond donors (Lipinski definition) is 0. The van der Waals surface area contributed by atoms with Gasteiger partial charge >= 0.3 is 0 Å². The first-order valence-corrected chi connectivity index (χ1v) is 4.45. The van der Waals surface area contributed by atoms with Crippen LogP contribution in [0.4, 0.5) is 4.39 Å². The Morgan fingerprint density at radius 1 is 1.46 bits per heavy atom. The van der Waals surface area contributed by atoms with Crippen LogP contribution < -0.4 is 0 Å². The van der Waals surface area contributed by atoms with Crippen LogP contribution in [0.25, 0.3) is 0 Å². The van der Waals surface area contributed by atoms with Gasteiger partial charge in [0.1, 0.15) is 5.82 Å². The number of benzene rings is 1. The van der Waals surface area contributed by atoms with Gasteiger partial charge in [0.25, 0.3) is 0 Å². The van der Waals surface area contributed by atoms with Gasteiger partial charge in [0.2, 0.25) is 0 Å². The summed E-state index contributed by atoms with van der Waals surface area (Å²) in [6.45, 7) is 3.93. The summed E-state index contributed by atoms with van der Waals surface area (Å²) in [6, 6.07) is 4.49. The van der Waals surface area contributed by atoms with Crippen molar-refractivity contribution >= 4 is 17.8 Å². The molecule has 0 amide bonds. The molecule has 0 radical (unpaired) electrons. The predicted molar refractivity (Wildman–Crippen MR) is 54.1 cm³/mol. The molecule has 0 saturated heterocycles. The summed E-state index contributed by atoms with van der Waals surface area (Å²) >= 11 is 5.78. The zero-order valence-electron chi connectivity index (χ0n) is 7.59. The van der Waals surface area contributed by atoms with Crippen LogP contribution in [0, 0.1) is 5.82 Å². The van der Waals surface area contributed by atoms with Crippen molar-refractivity contribution in [2.75, 3.05) is 0 Å². The molecule has 0 aliphatic heterocycles. The molecule has 0 heterocycles. The third kappa shape index (κ3) is 3.15. The zero-order chi connectivity index (χ0) is 9.84. The highest BCUT2D eigenvalue weighted by molar-refractivity contribution is 6.33. The molecule has 0 saturated carbocycles. The van der Waals surface area contributed by atoms with Crippen molar-refractivity contribution in [3.05, 3.63) is 34.6 Å². The SMILES string of the molecule is CC(C)/N=C/c1ccc(F)cc1Cl. The largest absolute Gasteiger partial charge is 0.290 e. The van der Waals surface area contributed by atoms with Gasteiger partial charge in [-0.3, -0.25) is 4.99 Å². The maximum Gasteiger partial charge on any atom is 0.124 e. The molecule has 1 nitrogen and oxygen atoms in total. The highest BCUT2D eigenvalue weighted by Gasteiger charge is 1.98. The molecule has 0 fully saturated rings. The fraction of sp³-hybridized carbons (Fsp3) is 0.300. The number of hydrogen-bond acceptors (Lipinski definition) is 1. The van der Waals surface area contributed by atoms with Crippen molar-refractivity contribution in [2.45, 2.75) is 19.9 Å². The first-order valence-electron chi connectivity index (χ1n) is 4.08. The van der Waals surface area contributed by atoms with E-state index in [1.165, 1.54) is 12.1 Å². The minimum absolute atomic E-state index is 0.223. The Bertz CT molecular complexity index is 321. The second-order valence-corrected chi connectivity index (χ2v) is 3.44. The maximum absolute atomic E-state index is 12.6. The van der Waals surface area contributed by atoms with Crippen molar-refractivity contribution in [2.24, 2.45) is 4.99 Å². The van der Waals surface area contributed by atoms with Crippen LogP contribution in [0.2, 0.25) is 5.02 Å². The lowest BCUT2D eigenvalue weighted by Crippen LogP contribution is -1.91. The molecule has 0 aromatic heterocycles. The number of halogens is 2. The van der Waals surface area contributed by atoms with E-state index in [0.29, 0.717) is 5.02 Å². The molecular weight excluding hydrogens is 189 g/mol. The lowest BCUT2D eigenvalue weighted by molar-refractivity contribution is 0.628. The highest BCUT2D eigenvalue weighted by atomic mass is 35.5. The Morgan fingerprint density at radius 3 is 2.69 bits per heavy atom. The lowest BCUT2D eigenvalue weighted by atomic mass is 10.2. The predicted octanol–water partition coefficient (Wildman–Crippen LogP) is 3.31. The summed E-state index contributed by atoms with van der Waals surface area (Å²) in [4.78, 5) is 4.15. The van der Waals surface area contributed by atoms with Gasteiger partial charge in [-0.15, -0.1) is 0 Å². The molecule has 1 aromatic rings. The Kier molecular flexibility index (Phi) is 3.43. The molecule has 70 valence electrons. The van der Waals surface area contributed by atoms with E-state index in [1.807, 2.05) is 13.8 Å². The zero-order valence-corrected chi connectivity index (χ0v) is 8.35. The standard InChI is InChI=1S/C10H11ClFN/c1-7(2)13-6-8-3-4-9(12)5-10(8)11/h3-7H,1-2H3/b13-6+. The molecule has 0 spiro atoms. The summed E-state index contributed by atoms with van der Waals surface area (Å²) < 4.78 is 12.6. The molecule has 3 heteroatoms. The second-order valence-electron chi connectivity index (χ2n) is 3.04. The highest BCUT2D eigenvalue weighted by Crippen LogP contribution is 2.15. The van der Waals surface area contributed by atoms with Crippen LogP contribution in [-0.2, 0) is 0 Å².